The van der Waals surface area contributed by atoms with Gasteiger partial charge < -0.3 is 10.6 Å². The Balaban J connectivity index is 1.65. The molecule has 2 N–H and O–H groups in total. The molecule has 4 rings (SSSR count). The second kappa shape index (κ2) is 10.3. The Hall–Kier alpha value is -3.57. The Morgan fingerprint density at radius 1 is 1.05 bits per heavy atom. The maximum Gasteiger partial charge on any atom is 0.416 e. The van der Waals surface area contributed by atoms with E-state index in [2.05, 4.69) is 10.6 Å². The lowest BCUT2D eigenvalue weighted by Crippen LogP contribution is -2.52. The maximum absolute atomic E-state index is 13.9. The summed E-state index contributed by atoms with van der Waals surface area (Å²) in [4.78, 5) is 25.8. The van der Waals surface area contributed by atoms with Gasteiger partial charge in [0.1, 0.15) is 6.04 Å². The number of halogens is 4. The van der Waals surface area contributed by atoms with Crippen molar-refractivity contribution in [2.45, 2.75) is 43.9 Å². The number of para-hydroxylation sites is 2. The molecule has 1 heterocycles. The van der Waals surface area contributed by atoms with Crippen molar-refractivity contribution in [1.82, 2.24) is 5.32 Å². The van der Waals surface area contributed by atoms with Crippen LogP contribution in [0.4, 0.5) is 24.5 Å². The van der Waals surface area contributed by atoms with Gasteiger partial charge in [0.15, 0.2) is 0 Å². The Bertz CT molecular complexity index is 1530. The first-order valence-electron chi connectivity index (χ1n) is 11.4. The number of rotatable bonds is 6. The van der Waals surface area contributed by atoms with Gasteiger partial charge in [0, 0.05) is 11.6 Å². The number of fused-ring (bicyclic) bond motifs is 1. The lowest BCUT2D eigenvalue weighted by atomic mass is 10.1. The summed E-state index contributed by atoms with van der Waals surface area (Å²) in [6.45, 7) is 2.98. The molecule has 200 valence electrons. The first-order chi connectivity index (χ1) is 17.8. The molecule has 0 aliphatic carbocycles. The van der Waals surface area contributed by atoms with Gasteiger partial charge in [-0.1, -0.05) is 35.9 Å². The summed E-state index contributed by atoms with van der Waals surface area (Å²) in [7, 11) is -4.35. The summed E-state index contributed by atoms with van der Waals surface area (Å²) in [6.07, 6.45) is -5.11. The van der Waals surface area contributed by atoms with Gasteiger partial charge in [-0.25, -0.2) is 8.42 Å². The van der Waals surface area contributed by atoms with Crippen LogP contribution in [0.25, 0.3) is 0 Å². The van der Waals surface area contributed by atoms with E-state index in [1.807, 2.05) is 0 Å². The molecular weight excluding hydrogens is 543 g/mol. The van der Waals surface area contributed by atoms with Crippen LogP contribution in [-0.4, -0.2) is 26.3 Å². The first-order valence-corrected chi connectivity index (χ1v) is 13.2. The van der Waals surface area contributed by atoms with Gasteiger partial charge in [0.05, 0.1) is 28.3 Å². The third-order valence-electron chi connectivity index (χ3n) is 6.10. The molecule has 1 aliphatic heterocycles. The number of benzene rings is 3. The van der Waals surface area contributed by atoms with E-state index in [-0.39, 0.29) is 28.4 Å². The minimum absolute atomic E-state index is 0.0710. The van der Waals surface area contributed by atoms with Crippen molar-refractivity contribution in [2.24, 2.45) is 0 Å². The number of sulfonamides is 1. The molecule has 0 aromatic heterocycles. The fourth-order valence-corrected chi connectivity index (χ4v) is 6.32. The summed E-state index contributed by atoms with van der Waals surface area (Å²) in [5.74, 6) is -1.43. The number of carbonyl (C=O) groups is 2. The monoisotopic (exact) mass is 565 g/mol. The lowest BCUT2D eigenvalue weighted by molar-refractivity contribution is -0.137. The van der Waals surface area contributed by atoms with Crippen LogP contribution in [0.3, 0.4) is 0 Å². The summed E-state index contributed by atoms with van der Waals surface area (Å²) in [5, 5.41) is 5.49. The normalized spacial score (nSPS) is 15.6. The molecule has 12 heteroatoms. The summed E-state index contributed by atoms with van der Waals surface area (Å²) < 4.78 is 67.8. The lowest BCUT2D eigenvalue weighted by Gasteiger charge is -2.37. The smallest absolute Gasteiger partial charge is 0.352 e. The summed E-state index contributed by atoms with van der Waals surface area (Å²) in [5.41, 5.74) is 0.638. The summed E-state index contributed by atoms with van der Waals surface area (Å²) >= 11 is 6.16. The number of nitrogens with zero attached hydrogens (tertiary/aromatic N) is 1. The second-order valence-electron chi connectivity index (χ2n) is 8.87. The van der Waals surface area contributed by atoms with Crippen molar-refractivity contribution in [2.75, 3.05) is 9.62 Å². The molecule has 0 saturated carbocycles. The molecule has 0 fully saturated rings. The van der Waals surface area contributed by atoms with E-state index < -0.39 is 46.0 Å². The molecule has 1 unspecified atom stereocenters. The molecule has 38 heavy (non-hydrogen) atoms. The zero-order valence-corrected chi connectivity index (χ0v) is 21.8. The first kappa shape index (κ1) is 27.5. The van der Waals surface area contributed by atoms with Crippen LogP contribution in [0.1, 0.15) is 28.7 Å². The van der Waals surface area contributed by atoms with E-state index >= 15 is 0 Å². The molecule has 1 aliphatic rings. The molecule has 2 amide bonds. The van der Waals surface area contributed by atoms with E-state index in [9.17, 15) is 31.2 Å². The zero-order valence-electron chi connectivity index (χ0n) is 20.3. The highest BCUT2D eigenvalue weighted by Gasteiger charge is 2.42. The third-order valence-corrected chi connectivity index (χ3v) is 8.47. The fourth-order valence-electron chi connectivity index (χ4n) is 4.18. The number of amides is 2. The average molecular weight is 566 g/mol. The van der Waals surface area contributed by atoms with Crippen molar-refractivity contribution >= 4 is 44.8 Å². The highest BCUT2D eigenvalue weighted by Crippen LogP contribution is 2.38. The number of nitrogens with one attached hydrogen (secondary N) is 2. The third kappa shape index (κ3) is 5.48. The van der Waals surface area contributed by atoms with Gasteiger partial charge in [-0.2, -0.15) is 13.2 Å². The van der Waals surface area contributed by atoms with Gasteiger partial charge >= 0.3 is 6.18 Å². The minimum atomic E-state index is -4.54. The van der Waals surface area contributed by atoms with Crippen LogP contribution < -0.4 is 14.9 Å². The maximum atomic E-state index is 13.9. The number of alkyl halides is 3. The summed E-state index contributed by atoms with van der Waals surface area (Å²) in [6, 6.07) is 12.2. The van der Waals surface area contributed by atoms with Gasteiger partial charge in [-0.05, 0) is 66.9 Å². The largest absolute Gasteiger partial charge is 0.416 e. The molecule has 1 atom stereocenters. The Morgan fingerprint density at radius 3 is 2.47 bits per heavy atom. The number of hydrogen-bond donors (Lipinski definition) is 2. The molecule has 0 spiro atoms. The number of anilines is 2. The average Bonchev–Trinajstić information content (AvgIpc) is 2.84. The molecule has 0 saturated heterocycles. The SMILES string of the molecule is Cc1cc(S(=O)(=O)N2c3ccccc3NC(=O)C2CC(=O)NCc2cccc(C(F)(F)F)c2)c(C)cc1Cl. The number of carbonyl (C=O) groups excluding carboxylic acids is 2. The molecule has 3 aromatic rings. The van der Waals surface area contributed by atoms with Gasteiger partial charge in [0.2, 0.25) is 11.8 Å². The predicted octanol–water partition coefficient (Wildman–Crippen LogP) is 5.20. The number of aryl methyl sites for hydroxylation is 2. The molecular formula is C26H23ClF3N3O4S. The predicted molar refractivity (Wildman–Crippen MR) is 137 cm³/mol. The number of hydrogen-bond acceptors (Lipinski definition) is 4. The Kier molecular flexibility index (Phi) is 7.44. The molecule has 7 nitrogen and oxygen atoms in total. The quantitative estimate of drug-likeness (QED) is 0.429. The van der Waals surface area contributed by atoms with Gasteiger partial charge in [0.25, 0.3) is 10.0 Å². The van der Waals surface area contributed by atoms with E-state index in [0.29, 0.717) is 16.1 Å². The van der Waals surface area contributed by atoms with E-state index in [1.54, 1.807) is 32.0 Å². The van der Waals surface area contributed by atoms with Crippen molar-refractivity contribution in [1.29, 1.82) is 0 Å². The van der Waals surface area contributed by atoms with Crippen molar-refractivity contribution in [3.63, 3.8) is 0 Å². The molecule has 0 bridgehead atoms. The standard InChI is InChI=1S/C26H23ClF3N3O4S/c1-15-11-23(16(2)10-19(15)27)38(36,37)33-21-9-4-3-8-20(21)32-25(35)22(33)13-24(34)31-14-17-6-5-7-18(12-17)26(28,29)30/h3-12,22H,13-14H2,1-2H3,(H,31,34)(H,32,35). The highest BCUT2D eigenvalue weighted by molar-refractivity contribution is 7.93. The van der Waals surface area contributed by atoms with Crippen LogP contribution >= 0.6 is 11.6 Å². The molecule has 3 aromatic carbocycles. The topological polar surface area (TPSA) is 95.6 Å². The van der Waals surface area contributed by atoms with Crippen molar-refractivity contribution in [3.05, 3.63) is 87.9 Å². The van der Waals surface area contributed by atoms with Crippen LogP contribution in [0.2, 0.25) is 5.02 Å². The highest BCUT2D eigenvalue weighted by atomic mass is 35.5. The van der Waals surface area contributed by atoms with E-state index in [1.165, 1.54) is 30.3 Å². The van der Waals surface area contributed by atoms with Crippen LogP contribution in [-0.2, 0) is 32.3 Å². The van der Waals surface area contributed by atoms with E-state index in [0.717, 1.165) is 16.4 Å². The Morgan fingerprint density at radius 2 is 1.76 bits per heavy atom. The Labute approximate surface area is 222 Å². The van der Waals surface area contributed by atoms with Crippen LogP contribution in [0.15, 0.2) is 65.6 Å². The zero-order chi connectivity index (χ0) is 27.8. The van der Waals surface area contributed by atoms with E-state index in [4.69, 9.17) is 11.6 Å². The molecule has 0 radical (unpaired) electrons. The fraction of sp³-hybridized carbons (Fsp3) is 0.231. The van der Waals surface area contributed by atoms with Crippen LogP contribution in [0.5, 0.6) is 0 Å². The van der Waals surface area contributed by atoms with Crippen molar-refractivity contribution < 1.29 is 31.2 Å². The van der Waals surface area contributed by atoms with Crippen LogP contribution in [0, 0.1) is 13.8 Å². The van der Waals surface area contributed by atoms with Gasteiger partial charge in [-0.3, -0.25) is 13.9 Å². The second-order valence-corrected chi connectivity index (χ2v) is 11.1. The minimum Gasteiger partial charge on any atom is -0.352 e. The van der Waals surface area contributed by atoms with Crippen molar-refractivity contribution in [3.8, 4) is 0 Å². The van der Waals surface area contributed by atoms with Gasteiger partial charge in [-0.15, -0.1) is 0 Å².